The lowest BCUT2D eigenvalue weighted by molar-refractivity contribution is 0.0367. The summed E-state index contributed by atoms with van der Waals surface area (Å²) in [6.45, 7) is 5.48. The molecule has 2 N–H and O–H groups in total. The smallest absolute Gasteiger partial charge is 0.253 e. The van der Waals surface area contributed by atoms with Crippen LogP contribution in [0.15, 0.2) is 18.2 Å². The van der Waals surface area contributed by atoms with Crippen molar-refractivity contribution in [3.8, 4) is 0 Å². The number of aliphatic hydroxyl groups is 1. The minimum atomic E-state index is -0.874. The number of carbonyl (C=O) groups excluding carboxylic acids is 1. The van der Waals surface area contributed by atoms with E-state index in [9.17, 15) is 9.90 Å². The van der Waals surface area contributed by atoms with E-state index in [0.29, 0.717) is 6.54 Å². The maximum absolute atomic E-state index is 12.5. The lowest BCUT2D eigenvalue weighted by Gasteiger charge is -2.27. The minimum Gasteiger partial charge on any atom is -0.389 e. The summed E-state index contributed by atoms with van der Waals surface area (Å²) in [6, 6.07) is 5.87. The standard InChI is InChI=1S/C15H22N2O2/c1-15(2,19)10-17(3)14(18)13-6-4-5-11-9-16-8-7-12(11)13/h4-6,16,19H,7-10H2,1-3H3. The van der Waals surface area contributed by atoms with Crippen LogP contribution in [-0.4, -0.2) is 41.7 Å². The lowest BCUT2D eigenvalue weighted by atomic mass is 9.94. The third kappa shape index (κ3) is 3.33. The summed E-state index contributed by atoms with van der Waals surface area (Å²) in [6.07, 6.45) is 0.883. The number of benzene rings is 1. The number of hydrogen-bond acceptors (Lipinski definition) is 3. The Kier molecular flexibility index (Phi) is 3.92. The highest BCUT2D eigenvalue weighted by atomic mass is 16.3. The predicted octanol–water partition coefficient (Wildman–Crippen LogP) is 1.18. The number of carbonyl (C=O) groups is 1. The van der Waals surface area contributed by atoms with Crippen molar-refractivity contribution in [2.24, 2.45) is 0 Å². The summed E-state index contributed by atoms with van der Waals surface area (Å²) >= 11 is 0. The fourth-order valence-electron chi connectivity index (χ4n) is 2.59. The summed E-state index contributed by atoms with van der Waals surface area (Å²) in [5.74, 6) is -0.0131. The number of rotatable bonds is 3. The van der Waals surface area contributed by atoms with Gasteiger partial charge in [-0.15, -0.1) is 0 Å². The van der Waals surface area contributed by atoms with Crippen LogP contribution in [0.5, 0.6) is 0 Å². The SMILES string of the molecule is CN(CC(C)(C)O)C(=O)c1cccc2c1CCNC2. The van der Waals surface area contributed by atoms with Gasteiger partial charge in [0.1, 0.15) is 0 Å². The van der Waals surface area contributed by atoms with Crippen LogP contribution in [0.1, 0.15) is 35.3 Å². The summed E-state index contributed by atoms with van der Waals surface area (Å²) in [7, 11) is 1.74. The van der Waals surface area contributed by atoms with Crippen molar-refractivity contribution in [3.05, 3.63) is 34.9 Å². The third-order valence-electron chi connectivity index (χ3n) is 3.34. The fraction of sp³-hybridized carbons (Fsp3) is 0.533. The highest BCUT2D eigenvalue weighted by Gasteiger charge is 2.23. The monoisotopic (exact) mass is 262 g/mol. The van der Waals surface area contributed by atoms with Gasteiger partial charge in [-0.2, -0.15) is 0 Å². The number of likely N-dealkylation sites (N-methyl/N-ethyl adjacent to an activating group) is 1. The van der Waals surface area contributed by atoms with Gasteiger partial charge in [0.25, 0.3) is 5.91 Å². The number of amides is 1. The fourth-order valence-corrected chi connectivity index (χ4v) is 2.59. The van der Waals surface area contributed by atoms with E-state index in [0.717, 1.165) is 30.6 Å². The van der Waals surface area contributed by atoms with Gasteiger partial charge in [-0.3, -0.25) is 4.79 Å². The zero-order valence-electron chi connectivity index (χ0n) is 11.9. The van der Waals surface area contributed by atoms with Crippen molar-refractivity contribution in [2.45, 2.75) is 32.4 Å². The van der Waals surface area contributed by atoms with Crippen molar-refractivity contribution in [3.63, 3.8) is 0 Å². The molecule has 0 saturated carbocycles. The number of fused-ring (bicyclic) bond motifs is 1. The molecular formula is C15H22N2O2. The molecule has 0 saturated heterocycles. The highest BCUT2D eigenvalue weighted by Crippen LogP contribution is 2.20. The molecule has 0 radical (unpaired) electrons. The molecule has 0 bridgehead atoms. The van der Waals surface area contributed by atoms with Gasteiger partial charge < -0.3 is 15.3 Å². The zero-order valence-corrected chi connectivity index (χ0v) is 11.9. The number of nitrogens with zero attached hydrogens (tertiary/aromatic N) is 1. The molecule has 1 aromatic carbocycles. The summed E-state index contributed by atoms with van der Waals surface area (Å²) in [5, 5.41) is 13.1. The molecule has 4 heteroatoms. The molecule has 19 heavy (non-hydrogen) atoms. The maximum atomic E-state index is 12.5. The Morgan fingerprint density at radius 1 is 1.47 bits per heavy atom. The molecule has 1 heterocycles. The molecule has 2 rings (SSSR count). The highest BCUT2D eigenvalue weighted by molar-refractivity contribution is 5.96. The Labute approximate surface area is 114 Å². The molecule has 1 aliphatic heterocycles. The van der Waals surface area contributed by atoms with E-state index in [2.05, 4.69) is 11.4 Å². The molecule has 0 atom stereocenters. The van der Waals surface area contributed by atoms with Crippen LogP contribution in [0, 0.1) is 0 Å². The number of hydrogen-bond donors (Lipinski definition) is 2. The third-order valence-corrected chi connectivity index (χ3v) is 3.34. The van der Waals surface area contributed by atoms with E-state index in [-0.39, 0.29) is 5.91 Å². The molecule has 0 unspecified atom stereocenters. The van der Waals surface area contributed by atoms with E-state index in [1.54, 1.807) is 25.8 Å². The van der Waals surface area contributed by atoms with Gasteiger partial charge in [-0.05, 0) is 44.0 Å². The summed E-state index contributed by atoms with van der Waals surface area (Å²) in [4.78, 5) is 14.1. The van der Waals surface area contributed by atoms with Crippen LogP contribution in [0.3, 0.4) is 0 Å². The van der Waals surface area contributed by atoms with E-state index < -0.39 is 5.60 Å². The van der Waals surface area contributed by atoms with Crippen LogP contribution in [0.4, 0.5) is 0 Å². The molecule has 4 nitrogen and oxygen atoms in total. The van der Waals surface area contributed by atoms with Gasteiger partial charge in [-0.25, -0.2) is 0 Å². The van der Waals surface area contributed by atoms with Crippen molar-refractivity contribution < 1.29 is 9.90 Å². The Bertz CT molecular complexity index is 478. The van der Waals surface area contributed by atoms with E-state index in [1.807, 2.05) is 12.1 Å². The molecule has 0 fully saturated rings. The normalized spacial score (nSPS) is 14.9. The molecule has 104 valence electrons. The van der Waals surface area contributed by atoms with Crippen molar-refractivity contribution in [1.29, 1.82) is 0 Å². The molecule has 1 amide bonds. The van der Waals surface area contributed by atoms with E-state index in [4.69, 9.17) is 0 Å². The van der Waals surface area contributed by atoms with Crippen LogP contribution >= 0.6 is 0 Å². The minimum absolute atomic E-state index is 0.0131. The molecule has 0 spiro atoms. The maximum Gasteiger partial charge on any atom is 0.253 e. The largest absolute Gasteiger partial charge is 0.389 e. The zero-order chi connectivity index (χ0) is 14.0. The van der Waals surface area contributed by atoms with Crippen LogP contribution in [0.25, 0.3) is 0 Å². The Balaban J connectivity index is 2.24. The van der Waals surface area contributed by atoms with Gasteiger partial charge in [0.15, 0.2) is 0 Å². The molecule has 1 aromatic rings. The first-order chi connectivity index (χ1) is 8.88. The first-order valence-electron chi connectivity index (χ1n) is 6.68. The first kappa shape index (κ1) is 14.0. The van der Waals surface area contributed by atoms with Crippen molar-refractivity contribution in [2.75, 3.05) is 20.1 Å². The quantitative estimate of drug-likeness (QED) is 0.860. The summed E-state index contributed by atoms with van der Waals surface area (Å²) < 4.78 is 0. The van der Waals surface area contributed by atoms with Gasteiger partial charge in [0, 0.05) is 25.7 Å². The Morgan fingerprint density at radius 2 is 2.21 bits per heavy atom. The summed E-state index contributed by atoms with van der Waals surface area (Å²) in [5.41, 5.74) is 2.24. The number of nitrogens with one attached hydrogen (secondary N) is 1. The van der Waals surface area contributed by atoms with Crippen molar-refractivity contribution in [1.82, 2.24) is 10.2 Å². The van der Waals surface area contributed by atoms with E-state index in [1.165, 1.54) is 5.56 Å². The van der Waals surface area contributed by atoms with Gasteiger partial charge >= 0.3 is 0 Å². The molecule has 1 aliphatic rings. The molecule has 0 aliphatic carbocycles. The molecular weight excluding hydrogens is 240 g/mol. The molecule has 0 aromatic heterocycles. The average Bonchev–Trinajstić information content (AvgIpc) is 2.35. The van der Waals surface area contributed by atoms with Crippen LogP contribution in [-0.2, 0) is 13.0 Å². The van der Waals surface area contributed by atoms with E-state index >= 15 is 0 Å². The van der Waals surface area contributed by atoms with Crippen molar-refractivity contribution >= 4 is 5.91 Å². The Morgan fingerprint density at radius 3 is 2.89 bits per heavy atom. The topological polar surface area (TPSA) is 52.6 Å². The Hall–Kier alpha value is -1.39. The lowest BCUT2D eigenvalue weighted by Crippen LogP contribution is -2.40. The second kappa shape index (κ2) is 5.31. The van der Waals surface area contributed by atoms with Gasteiger partial charge in [-0.1, -0.05) is 12.1 Å². The second-order valence-corrected chi connectivity index (χ2v) is 5.84. The predicted molar refractivity (Wildman–Crippen MR) is 75.1 cm³/mol. The van der Waals surface area contributed by atoms with Gasteiger partial charge in [0.05, 0.1) is 5.60 Å². The van der Waals surface area contributed by atoms with Crippen LogP contribution in [0.2, 0.25) is 0 Å². The second-order valence-electron chi connectivity index (χ2n) is 5.84. The average molecular weight is 262 g/mol. The first-order valence-corrected chi connectivity index (χ1v) is 6.68. The van der Waals surface area contributed by atoms with Crippen LogP contribution < -0.4 is 5.32 Å². The van der Waals surface area contributed by atoms with Gasteiger partial charge in [0.2, 0.25) is 0 Å².